The molecule has 2 aromatic heterocycles. The minimum atomic E-state index is 0.0410. The number of nitrogens with zero attached hydrogens (tertiary/aromatic N) is 6. The van der Waals surface area contributed by atoms with Gasteiger partial charge in [-0.05, 0) is 26.2 Å². The number of likely N-dealkylation sites (N-methyl/N-ethyl adjacent to an activating group) is 1. The van der Waals surface area contributed by atoms with E-state index in [2.05, 4.69) is 14.8 Å². The highest BCUT2D eigenvalue weighted by Gasteiger charge is 2.22. The van der Waals surface area contributed by atoms with E-state index in [4.69, 9.17) is 4.74 Å². The second kappa shape index (κ2) is 5.14. The molecule has 8 heteroatoms. The van der Waals surface area contributed by atoms with Crippen molar-refractivity contribution in [3.05, 3.63) is 23.5 Å². The zero-order valence-electron chi connectivity index (χ0n) is 11.5. The molecule has 3 heterocycles. The van der Waals surface area contributed by atoms with Crippen LogP contribution in [0.4, 0.5) is 0 Å². The van der Waals surface area contributed by atoms with E-state index in [1.165, 1.54) is 0 Å². The summed E-state index contributed by atoms with van der Waals surface area (Å²) in [6, 6.07) is 3.61. The summed E-state index contributed by atoms with van der Waals surface area (Å²) in [7, 11) is 3.96. The molecule has 1 saturated heterocycles. The molecule has 1 aliphatic heterocycles. The van der Waals surface area contributed by atoms with Crippen LogP contribution in [0.1, 0.15) is 0 Å². The maximum atomic E-state index is 11.7. The topological polar surface area (TPSA) is 73.1 Å². The predicted molar refractivity (Wildman–Crippen MR) is 71.4 cm³/mol. The molecule has 0 N–H and O–H groups in total. The standard InChI is InChI=1S/C12H17N6O2/c1-15(2)11-8-16(6-7-20-11)9-17-10-4-3-5-13-12(10)18(19)14-17/h3-5,9,11H,6-8H2,1-2H3/q+1. The van der Waals surface area contributed by atoms with Gasteiger partial charge in [0.05, 0.1) is 6.61 Å². The summed E-state index contributed by atoms with van der Waals surface area (Å²) in [5.74, 6) is 0. The van der Waals surface area contributed by atoms with Gasteiger partial charge in [0.1, 0.15) is 25.5 Å². The van der Waals surface area contributed by atoms with Gasteiger partial charge in [-0.15, -0.1) is 9.83 Å². The van der Waals surface area contributed by atoms with E-state index in [-0.39, 0.29) is 6.23 Å². The molecule has 1 fully saturated rings. The van der Waals surface area contributed by atoms with Crippen LogP contribution in [0.5, 0.6) is 0 Å². The molecule has 0 bridgehead atoms. The van der Waals surface area contributed by atoms with E-state index in [0.29, 0.717) is 22.6 Å². The first-order valence-corrected chi connectivity index (χ1v) is 6.45. The van der Waals surface area contributed by atoms with Crippen molar-refractivity contribution >= 4 is 17.5 Å². The lowest BCUT2D eigenvalue weighted by Crippen LogP contribution is -2.45. The van der Waals surface area contributed by atoms with Crippen LogP contribution >= 0.6 is 0 Å². The molecular formula is C12H17N6O2+. The first-order valence-electron chi connectivity index (χ1n) is 6.45. The Labute approximate surface area is 116 Å². The van der Waals surface area contributed by atoms with Crippen LogP contribution in [0.25, 0.3) is 11.2 Å². The maximum Gasteiger partial charge on any atom is 0.324 e. The molecule has 0 amide bonds. The Hall–Kier alpha value is -2.06. The van der Waals surface area contributed by atoms with Gasteiger partial charge in [0.2, 0.25) is 11.9 Å². The van der Waals surface area contributed by atoms with Crippen LogP contribution in [-0.2, 0) is 4.74 Å². The quantitative estimate of drug-likeness (QED) is 0.394. The van der Waals surface area contributed by atoms with Crippen LogP contribution in [-0.4, -0.2) is 70.7 Å². The molecule has 0 radical (unpaired) electrons. The zero-order valence-corrected chi connectivity index (χ0v) is 11.5. The van der Waals surface area contributed by atoms with Gasteiger partial charge in [0.25, 0.3) is 0 Å². The van der Waals surface area contributed by atoms with E-state index >= 15 is 0 Å². The number of ether oxygens (including phenoxy) is 1. The summed E-state index contributed by atoms with van der Waals surface area (Å²) in [5, 5.41) is 15.6. The van der Waals surface area contributed by atoms with Gasteiger partial charge >= 0.3 is 5.65 Å². The summed E-state index contributed by atoms with van der Waals surface area (Å²) in [5.41, 5.74) is 1.01. The van der Waals surface area contributed by atoms with Crippen molar-refractivity contribution < 1.29 is 14.2 Å². The third kappa shape index (κ3) is 2.35. The fraction of sp³-hybridized carbons (Fsp3) is 0.500. The van der Waals surface area contributed by atoms with Crippen molar-refractivity contribution in [2.75, 3.05) is 33.8 Å². The van der Waals surface area contributed by atoms with Gasteiger partial charge in [-0.1, -0.05) is 4.68 Å². The molecule has 106 valence electrons. The lowest BCUT2D eigenvalue weighted by Gasteiger charge is -2.28. The molecule has 0 aromatic carbocycles. The highest BCUT2D eigenvalue weighted by molar-refractivity contribution is 5.74. The first-order chi connectivity index (χ1) is 9.65. The number of hydrogen-bond donors (Lipinski definition) is 0. The van der Waals surface area contributed by atoms with Gasteiger partial charge in [-0.3, -0.25) is 9.48 Å². The Morgan fingerprint density at radius 1 is 1.55 bits per heavy atom. The molecule has 3 rings (SSSR count). The van der Waals surface area contributed by atoms with E-state index in [0.717, 1.165) is 13.1 Å². The van der Waals surface area contributed by atoms with Crippen LogP contribution in [0, 0.1) is 5.21 Å². The molecule has 1 atom stereocenters. The van der Waals surface area contributed by atoms with Crippen molar-refractivity contribution in [1.29, 1.82) is 0 Å². The SMILES string of the molecule is CN(C)C1C[N+](=Cn2n[n+]([O-])c3ncccc32)CCO1. The van der Waals surface area contributed by atoms with Crippen molar-refractivity contribution in [2.24, 2.45) is 0 Å². The molecule has 8 nitrogen and oxygen atoms in total. The Morgan fingerprint density at radius 2 is 2.40 bits per heavy atom. The fourth-order valence-corrected chi connectivity index (χ4v) is 2.20. The average molecular weight is 277 g/mol. The average Bonchev–Trinajstić information content (AvgIpc) is 2.76. The Balaban J connectivity index is 1.94. The predicted octanol–water partition coefficient (Wildman–Crippen LogP) is -1.13. The third-order valence-electron chi connectivity index (χ3n) is 3.30. The molecule has 1 unspecified atom stereocenters. The molecule has 20 heavy (non-hydrogen) atoms. The van der Waals surface area contributed by atoms with Crippen molar-refractivity contribution in [1.82, 2.24) is 19.8 Å². The van der Waals surface area contributed by atoms with Gasteiger partial charge < -0.3 is 9.94 Å². The van der Waals surface area contributed by atoms with E-state index in [1.54, 1.807) is 16.9 Å². The van der Waals surface area contributed by atoms with Crippen LogP contribution in [0.2, 0.25) is 0 Å². The van der Waals surface area contributed by atoms with Gasteiger partial charge in [0, 0.05) is 5.21 Å². The number of pyridine rings is 1. The normalized spacial score (nSPS) is 21.9. The van der Waals surface area contributed by atoms with Crippen molar-refractivity contribution in [3.8, 4) is 0 Å². The monoisotopic (exact) mass is 277 g/mol. The number of aromatic nitrogens is 4. The molecule has 0 saturated carbocycles. The summed E-state index contributed by atoms with van der Waals surface area (Å²) >= 11 is 0. The second-order valence-electron chi connectivity index (χ2n) is 4.95. The molecular weight excluding hydrogens is 260 g/mol. The highest BCUT2D eigenvalue weighted by Crippen LogP contribution is 2.05. The lowest BCUT2D eigenvalue weighted by atomic mass is 10.4. The molecule has 1 aliphatic rings. The number of fused-ring (bicyclic) bond motifs is 1. The second-order valence-corrected chi connectivity index (χ2v) is 4.95. The zero-order chi connectivity index (χ0) is 14.1. The van der Waals surface area contributed by atoms with E-state index in [9.17, 15) is 5.21 Å². The Bertz CT molecular complexity index is 650. The van der Waals surface area contributed by atoms with E-state index < -0.39 is 0 Å². The minimum Gasteiger partial charge on any atom is -0.721 e. The van der Waals surface area contributed by atoms with Crippen LogP contribution < -0.4 is 4.85 Å². The van der Waals surface area contributed by atoms with E-state index in [1.807, 2.05) is 31.4 Å². The number of hydrogen-bond acceptors (Lipinski definition) is 5. The number of morpholine rings is 1. The van der Waals surface area contributed by atoms with Gasteiger partial charge in [-0.25, -0.2) is 0 Å². The van der Waals surface area contributed by atoms with Crippen molar-refractivity contribution in [3.63, 3.8) is 0 Å². The summed E-state index contributed by atoms with van der Waals surface area (Å²) < 4.78 is 9.31. The Kier molecular flexibility index (Phi) is 3.33. The number of rotatable bonds is 2. The maximum absolute atomic E-state index is 11.7. The lowest BCUT2D eigenvalue weighted by molar-refractivity contribution is -0.647. The summed E-state index contributed by atoms with van der Waals surface area (Å²) in [6.45, 7) is 2.15. The molecule has 2 aromatic rings. The Morgan fingerprint density at radius 3 is 3.20 bits per heavy atom. The van der Waals surface area contributed by atoms with Crippen LogP contribution in [0.3, 0.4) is 0 Å². The minimum absolute atomic E-state index is 0.0410. The molecule has 0 aliphatic carbocycles. The smallest absolute Gasteiger partial charge is 0.324 e. The van der Waals surface area contributed by atoms with Gasteiger partial charge in [-0.2, -0.15) is 0 Å². The largest absolute Gasteiger partial charge is 0.721 e. The summed E-state index contributed by atoms with van der Waals surface area (Å²) in [6.07, 6.45) is 3.45. The van der Waals surface area contributed by atoms with Gasteiger partial charge in [0.15, 0.2) is 0 Å². The fourth-order valence-electron chi connectivity index (χ4n) is 2.20. The first kappa shape index (κ1) is 12.9. The van der Waals surface area contributed by atoms with Crippen LogP contribution in [0.15, 0.2) is 18.3 Å². The van der Waals surface area contributed by atoms with Crippen molar-refractivity contribution in [2.45, 2.75) is 6.23 Å². The third-order valence-corrected chi connectivity index (χ3v) is 3.30. The summed E-state index contributed by atoms with van der Waals surface area (Å²) in [4.78, 5) is 6.60. The highest BCUT2D eigenvalue weighted by atomic mass is 16.5. The molecule has 0 spiro atoms.